The topological polar surface area (TPSA) is 64.3 Å². The lowest BCUT2D eigenvalue weighted by Crippen LogP contribution is -2.27. The van der Waals surface area contributed by atoms with Crippen molar-refractivity contribution in [3.63, 3.8) is 0 Å². The maximum atomic E-state index is 10.8. The molecular formula is C7H9IN2O3. The van der Waals surface area contributed by atoms with Gasteiger partial charge in [-0.1, -0.05) is 0 Å². The first kappa shape index (κ1) is 10.5. The highest BCUT2D eigenvalue weighted by molar-refractivity contribution is 14.1. The zero-order chi connectivity index (χ0) is 9.84. The molecule has 1 unspecified atom stereocenters. The quantitative estimate of drug-likeness (QED) is 0.631. The van der Waals surface area contributed by atoms with Crippen LogP contribution in [0.4, 0.5) is 0 Å². The van der Waals surface area contributed by atoms with Gasteiger partial charge < -0.3 is 9.84 Å². The second-order valence-corrected chi connectivity index (χ2v) is 3.67. The summed E-state index contributed by atoms with van der Waals surface area (Å²) >= 11 is 2.09. The number of carbonyl (C=O) groups excluding carboxylic acids is 1. The fourth-order valence-electron chi connectivity index (χ4n) is 0.826. The predicted octanol–water partition coefficient (Wildman–Crippen LogP) is 0.0216. The molecule has 1 heterocycles. The minimum atomic E-state index is -1.15. The van der Waals surface area contributed by atoms with E-state index in [0.717, 1.165) is 3.57 Å². The highest BCUT2D eigenvalue weighted by atomic mass is 127. The van der Waals surface area contributed by atoms with Crippen LogP contribution in [0, 0.1) is 3.57 Å². The fourth-order valence-corrected chi connectivity index (χ4v) is 1.27. The molecule has 0 bridgehead atoms. The molecule has 0 aliphatic rings. The average Bonchev–Trinajstić information content (AvgIpc) is 2.49. The van der Waals surface area contributed by atoms with E-state index in [1.54, 1.807) is 12.4 Å². The minimum absolute atomic E-state index is 0.121. The van der Waals surface area contributed by atoms with E-state index >= 15 is 0 Å². The number of ether oxygens (including phenoxy) is 1. The smallest absolute Gasteiger partial charge is 0.336 e. The molecule has 0 amide bonds. The van der Waals surface area contributed by atoms with E-state index in [4.69, 9.17) is 0 Å². The van der Waals surface area contributed by atoms with Gasteiger partial charge in [-0.25, -0.2) is 4.79 Å². The van der Waals surface area contributed by atoms with Gasteiger partial charge >= 0.3 is 5.97 Å². The molecule has 0 radical (unpaired) electrons. The van der Waals surface area contributed by atoms with Gasteiger partial charge in [0.25, 0.3) is 0 Å². The molecular weight excluding hydrogens is 287 g/mol. The Morgan fingerprint density at radius 2 is 2.62 bits per heavy atom. The number of esters is 1. The first-order chi connectivity index (χ1) is 6.13. The molecule has 72 valence electrons. The molecule has 5 nitrogen and oxygen atoms in total. The minimum Gasteiger partial charge on any atom is -0.467 e. The van der Waals surface area contributed by atoms with Crippen LogP contribution in [0.3, 0.4) is 0 Å². The summed E-state index contributed by atoms with van der Waals surface area (Å²) < 4.78 is 6.80. The molecule has 13 heavy (non-hydrogen) atoms. The van der Waals surface area contributed by atoms with Gasteiger partial charge in [-0.15, -0.1) is 0 Å². The highest BCUT2D eigenvalue weighted by Crippen LogP contribution is 2.02. The third-order valence-corrected chi connectivity index (χ3v) is 1.99. The van der Waals surface area contributed by atoms with Crippen LogP contribution >= 0.6 is 22.6 Å². The summed E-state index contributed by atoms with van der Waals surface area (Å²) in [6.07, 6.45) is 2.22. The van der Waals surface area contributed by atoms with Crippen LogP contribution in [0.1, 0.15) is 0 Å². The number of carbonyl (C=O) groups is 1. The molecule has 0 saturated heterocycles. The van der Waals surface area contributed by atoms with Gasteiger partial charge in [0.2, 0.25) is 0 Å². The van der Waals surface area contributed by atoms with Crippen molar-refractivity contribution in [3.05, 3.63) is 16.0 Å². The molecule has 1 atom stereocenters. The number of rotatable bonds is 3. The van der Waals surface area contributed by atoms with Gasteiger partial charge in [0.15, 0.2) is 6.10 Å². The van der Waals surface area contributed by atoms with E-state index in [9.17, 15) is 9.90 Å². The van der Waals surface area contributed by atoms with Crippen LogP contribution in [0.5, 0.6) is 0 Å². The van der Waals surface area contributed by atoms with Gasteiger partial charge in [-0.3, -0.25) is 4.68 Å². The lowest BCUT2D eigenvalue weighted by atomic mass is 10.4. The van der Waals surface area contributed by atoms with Crippen molar-refractivity contribution in [1.82, 2.24) is 9.78 Å². The molecule has 1 aromatic heterocycles. The number of nitrogens with zero attached hydrogens (tertiary/aromatic N) is 2. The van der Waals surface area contributed by atoms with Crippen molar-refractivity contribution in [2.24, 2.45) is 0 Å². The normalized spacial score (nSPS) is 12.5. The summed E-state index contributed by atoms with van der Waals surface area (Å²) in [5.41, 5.74) is 0. The summed E-state index contributed by atoms with van der Waals surface area (Å²) in [5.74, 6) is -0.648. The second kappa shape index (κ2) is 4.56. The Balaban J connectivity index is 2.54. The average molecular weight is 296 g/mol. The fraction of sp³-hybridized carbons (Fsp3) is 0.429. The van der Waals surface area contributed by atoms with Gasteiger partial charge in [-0.05, 0) is 22.6 Å². The number of hydrogen-bond donors (Lipinski definition) is 1. The van der Waals surface area contributed by atoms with Gasteiger partial charge in [-0.2, -0.15) is 5.10 Å². The van der Waals surface area contributed by atoms with Gasteiger partial charge in [0, 0.05) is 6.20 Å². The Labute approximate surface area is 88.8 Å². The van der Waals surface area contributed by atoms with E-state index in [1.807, 2.05) is 0 Å². The number of aliphatic hydroxyl groups is 1. The predicted molar refractivity (Wildman–Crippen MR) is 53.0 cm³/mol. The summed E-state index contributed by atoms with van der Waals surface area (Å²) in [4.78, 5) is 10.8. The Hall–Kier alpha value is -0.630. The van der Waals surface area contributed by atoms with Crippen LogP contribution in [0.15, 0.2) is 12.4 Å². The SMILES string of the molecule is COC(=O)C(O)Cn1cc(I)cn1. The van der Waals surface area contributed by atoms with E-state index in [-0.39, 0.29) is 6.54 Å². The van der Waals surface area contributed by atoms with E-state index in [1.165, 1.54) is 11.8 Å². The first-order valence-corrected chi connectivity index (χ1v) is 4.65. The van der Waals surface area contributed by atoms with Crippen molar-refractivity contribution in [1.29, 1.82) is 0 Å². The van der Waals surface area contributed by atoms with Crippen LogP contribution in [-0.2, 0) is 16.1 Å². The van der Waals surface area contributed by atoms with Crippen LogP contribution in [0.2, 0.25) is 0 Å². The number of aliphatic hydroxyl groups excluding tert-OH is 1. The molecule has 0 aliphatic carbocycles. The highest BCUT2D eigenvalue weighted by Gasteiger charge is 2.15. The lowest BCUT2D eigenvalue weighted by molar-refractivity contribution is -0.151. The summed E-state index contributed by atoms with van der Waals surface area (Å²) in [6.45, 7) is 0.121. The lowest BCUT2D eigenvalue weighted by Gasteiger charge is -2.07. The molecule has 0 saturated carbocycles. The van der Waals surface area contributed by atoms with Crippen LogP contribution in [-0.4, -0.2) is 34.1 Å². The zero-order valence-electron chi connectivity index (χ0n) is 6.98. The van der Waals surface area contributed by atoms with Crippen molar-refractivity contribution < 1.29 is 14.6 Å². The monoisotopic (exact) mass is 296 g/mol. The van der Waals surface area contributed by atoms with Gasteiger partial charge in [0.1, 0.15) is 0 Å². The van der Waals surface area contributed by atoms with E-state index < -0.39 is 12.1 Å². The molecule has 1 rings (SSSR count). The number of hydrogen-bond acceptors (Lipinski definition) is 4. The standard InChI is InChI=1S/C7H9IN2O3/c1-13-7(12)6(11)4-10-3-5(8)2-9-10/h2-3,6,11H,4H2,1H3. The van der Waals surface area contributed by atoms with Gasteiger partial charge in [0.05, 0.1) is 23.4 Å². The maximum Gasteiger partial charge on any atom is 0.336 e. The van der Waals surface area contributed by atoms with Crippen molar-refractivity contribution in [3.8, 4) is 0 Å². The Kier molecular flexibility index (Phi) is 3.67. The number of methoxy groups -OCH3 is 1. The van der Waals surface area contributed by atoms with Crippen molar-refractivity contribution >= 4 is 28.6 Å². The first-order valence-electron chi connectivity index (χ1n) is 3.57. The number of halogens is 1. The maximum absolute atomic E-state index is 10.8. The number of aromatic nitrogens is 2. The Bertz CT molecular complexity index is 300. The van der Waals surface area contributed by atoms with Crippen molar-refractivity contribution in [2.45, 2.75) is 12.6 Å². The van der Waals surface area contributed by atoms with Crippen molar-refractivity contribution in [2.75, 3.05) is 7.11 Å². The van der Waals surface area contributed by atoms with Crippen LogP contribution in [0.25, 0.3) is 0 Å². The summed E-state index contributed by atoms with van der Waals surface area (Å²) in [5, 5.41) is 13.2. The molecule has 1 N–H and O–H groups in total. The third kappa shape index (κ3) is 2.96. The molecule has 0 aliphatic heterocycles. The molecule has 0 spiro atoms. The van der Waals surface area contributed by atoms with E-state index in [0.29, 0.717) is 0 Å². The molecule has 6 heteroatoms. The molecule has 1 aromatic rings. The van der Waals surface area contributed by atoms with Crippen LogP contribution < -0.4 is 0 Å². The summed E-state index contributed by atoms with van der Waals surface area (Å²) in [7, 11) is 1.23. The van der Waals surface area contributed by atoms with E-state index in [2.05, 4.69) is 32.4 Å². The second-order valence-electron chi connectivity index (χ2n) is 2.42. The Morgan fingerprint density at radius 3 is 3.08 bits per heavy atom. The largest absolute Gasteiger partial charge is 0.467 e. The Morgan fingerprint density at radius 1 is 1.92 bits per heavy atom. The molecule has 0 aromatic carbocycles. The third-order valence-electron chi connectivity index (χ3n) is 1.43. The molecule has 0 fully saturated rings. The summed E-state index contributed by atoms with van der Waals surface area (Å²) in [6, 6.07) is 0. The zero-order valence-corrected chi connectivity index (χ0v) is 9.13.